The fraction of sp³-hybridized carbons (Fsp3) is 0.308. The van der Waals surface area contributed by atoms with Crippen molar-refractivity contribution in [2.75, 3.05) is 0 Å². The molecule has 2 rings (SSSR count). The molecule has 1 unspecified atom stereocenters. The van der Waals surface area contributed by atoms with Crippen LogP contribution in [0.3, 0.4) is 0 Å². The molecule has 0 bridgehead atoms. The summed E-state index contributed by atoms with van der Waals surface area (Å²) in [4.78, 5) is 11.6. The van der Waals surface area contributed by atoms with Crippen molar-refractivity contribution in [3.8, 4) is 0 Å². The molecule has 0 radical (unpaired) electrons. The minimum atomic E-state index is -1.13. The molecule has 16 heavy (non-hydrogen) atoms. The van der Waals surface area contributed by atoms with E-state index in [9.17, 15) is 14.3 Å². The molecule has 0 aromatic heterocycles. The molecule has 2 nitrogen and oxygen atoms in total. The van der Waals surface area contributed by atoms with Crippen LogP contribution >= 0.6 is 0 Å². The summed E-state index contributed by atoms with van der Waals surface area (Å²) in [6, 6.07) is 5.99. The normalized spacial score (nSPS) is 18.1. The van der Waals surface area contributed by atoms with Gasteiger partial charge in [0.05, 0.1) is 0 Å². The SMILES string of the molecule is O=C1CCCC=C1C(O)c1ccccc1F. The van der Waals surface area contributed by atoms with Gasteiger partial charge in [0.15, 0.2) is 5.78 Å². The van der Waals surface area contributed by atoms with E-state index in [0.29, 0.717) is 12.0 Å². The quantitative estimate of drug-likeness (QED) is 0.831. The summed E-state index contributed by atoms with van der Waals surface area (Å²) in [5.41, 5.74) is 0.500. The van der Waals surface area contributed by atoms with Gasteiger partial charge in [0.2, 0.25) is 0 Å². The molecule has 0 spiro atoms. The summed E-state index contributed by atoms with van der Waals surface area (Å²) in [5.74, 6) is -0.559. The van der Waals surface area contributed by atoms with E-state index in [1.54, 1.807) is 18.2 Å². The van der Waals surface area contributed by atoms with Crippen molar-refractivity contribution in [2.24, 2.45) is 0 Å². The maximum Gasteiger partial charge on any atom is 0.161 e. The summed E-state index contributed by atoms with van der Waals surface area (Å²) in [7, 11) is 0. The van der Waals surface area contributed by atoms with Crippen molar-refractivity contribution in [3.05, 3.63) is 47.3 Å². The zero-order valence-corrected chi connectivity index (χ0v) is 8.82. The number of hydrogen-bond donors (Lipinski definition) is 1. The van der Waals surface area contributed by atoms with E-state index in [-0.39, 0.29) is 11.3 Å². The fourth-order valence-electron chi connectivity index (χ4n) is 1.91. The first-order valence-electron chi connectivity index (χ1n) is 5.36. The Hall–Kier alpha value is -1.48. The Balaban J connectivity index is 2.32. The third-order valence-corrected chi connectivity index (χ3v) is 2.79. The maximum absolute atomic E-state index is 13.4. The molecule has 1 atom stereocenters. The number of Topliss-reactive ketones (excluding diaryl/α,β-unsaturated/α-hetero) is 1. The summed E-state index contributed by atoms with van der Waals surface area (Å²) in [5, 5.41) is 9.97. The molecule has 1 aliphatic carbocycles. The number of ketones is 1. The van der Waals surface area contributed by atoms with Crippen LogP contribution in [-0.2, 0) is 4.79 Å². The predicted octanol–water partition coefficient (Wildman–Crippen LogP) is 2.54. The van der Waals surface area contributed by atoms with Crippen LogP contribution in [0.5, 0.6) is 0 Å². The number of carbonyl (C=O) groups excluding carboxylic acids is 1. The summed E-state index contributed by atoms with van der Waals surface area (Å²) in [6.45, 7) is 0. The van der Waals surface area contributed by atoms with Gasteiger partial charge in [-0.2, -0.15) is 0 Å². The molecule has 1 aliphatic rings. The van der Waals surface area contributed by atoms with E-state index in [1.807, 2.05) is 0 Å². The summed E-state index contributed by atoms with van der Waals surface area (Å²) in [6.07, 6.45) is 2.60. The van der Waals surface area contributed by atoms with Gasteiger partial charge >= 0.3 is 0 Å². The van der Waals surface area contributed by atoms with Gasteiger partial charge in [-0.25, -0.2) is 4.39 Å². The van der Waals surface area contributed by atoms with Crippen molar-refractivity contribution in [2.45, 2.75) is 25.4 Å². The smallest absolute Gasteiger partial charge is 0.161 e. The van der Waals surface area contributed by atoms with E-state index in [0.717, 1.165) is 12.8 Å². The molecular formula is C13H13FO2. The van der Waals surface area contributed by atoms with Gasteiger partial charge in [-0.15, -0.1) is 0 Å². The number of benzene rings is 1. The molecule has 0 aliphatic heterocycles. The first-order valence-corrected chi connectivity index (χ1v) is 5.36. The monoisotopic (exact) mass is 220 g/mol. The summed E-state index contributed by atoms with van der Waals surface area (Å²) < 4.78 is 13.4. The molecule has 84 valence electrons. The van der Waals surface area contributed by atoms with Crippen molar-refractivity contribution in [1.82, 2.24) is 0 Å². The number of aliphatic hydroxyl groups is 1. The van der Waals surface area contributed by atoms with Gasteiger partial charge in [-0.05, 0) is 18.9 Å². The van der Waals surface area contributed by atoms with Gasteiger partial charge in [0, 0.05) is 17.6 Å². The molecule has 0 fully saturated rings. The molecule has 1 aromatic carbocycles. The average molecular weight is 220 g/mol. The highest BCUT2D eigenvalue weighted by molar-refractivity contribution is 5.97. The lowest BCUT2D eigenvalue weighted by Crippen LogP contribution is -2.15. The van der Waals surface area contributed by atoms with Crippen LogP contribution in [0.15, 0.2) is 35.9 Å². The lowest BCUT2D eigenvalue weighted by molar-refractivity contribution is -0.117. The Morgan fingerprint density at radius 2 is 2.06 bits per heavy atom. The Labute approximate surface area is 93.4 Å². The van der Waals surface area contributed by atoms with Crippen LogP contribution in [0.4, 0.5) is 4.39 Å². The largest absolute Gasteiger partial charge is 0.383 e. The molecule has 0 saturated heterocycles. The highest BCUT2D eigenvalue weighted by Crippen LogP contribution is 2.28. The van der Waals surface area contributed by atoms with Crippen molar-refractivity contribution in [3.63, 3.8) is 0 Å². The number of halogens is 1. The zero-order valence-electron chi connectivity index (χ0n) is 8.82. The number of allylic oxidation sites excluding steroid dienone is 1. The fourth-order valence-corrected chi connectivity index (χ4v) is 1.91. The number of rotatable bonds is 2. The average Bonchev–Trinajstić information content (AvgIpc) is 2.29. The van der Waals surface area contributed by atoms with Crippen molar-refractivity contribution in [1.29, 1.82) is 0 Å². The zero-order chi connectivity index (χ0) is 11.5. The standard InChI is InChI=1S/C13H13FO2/c14-11-7-3-1-5-9(11)13(16)10-6-2-4-8-12(10)15/h1,3,5-7,13,16H,2,4,8H2. The Bertz CT molecular complexity index is 437. The summed E-state index contributed by atoms with van der Waals surface area (Å²) >= 11 is 0. The van der Waals surface area contributed by atoms with E-state index in [4.69, 9.17) is 0 Å². The molecule has 0 amide bonds. The number of carbonyl (C=O) groups is 1. The lowest BCUT2D eigenvalue weighted by atomic mass is 9.90. The maximum atomic E-state index is 13.4. The van der Waals surface area contributed by atoms with Gasteiger partial charge < -0.3 is 5.11 Å². The van der Waals surface area contributed by atoms with Crippen LogP contribution in [0, 0.1) is 5.82 Å². The molecule has 1 N–H and O–H groups in total. The predicted molar refractivity (Wildman–Crippen MR) is 58.3 cm³/mol. The van der Waals surface area contributed by atoms with E-state index in [1.165, 1.54) is 12.1 Å². The van der Waals surface area contributed by atoms with Crippen LogP contribution < -0.4 is 0 Å². The van der Waals surface area contributed by atoms with Gasteiger partial charge in [0.1, 0.15) is 11.9 Å². The van der Waals surface area contributed by atoms with E-state index in [2.05, 4.69) is 0 Å². The van der Waals surface area contributed by atoms with E-state index < -0.39 is 11.9 Å². The van der Waals surface area contributed by atoms with Crippen molar-refractivity contribution >= 4 is 5.78 Å². The Morgan fingerprint density at radius 1 is 1.31 bits per heavy atom. The van der Waals surface area contributed by atoms with Crippen LogP contribution in [0.25, 0.3) is 0 Å². The van der Waals surface area contributed by atoms with Crippen molar-refractivity contribution < 1.29 is 14.3 Å². The van der Waals surface area contributed by atoms with E-state index >= 15 is 0 Å². The second-order valence-electron chi connectivity index (χ2n) is 3.90. The molecule has 0 saturated carbocycles. The number of aliphatic hydroxyl groups excluding tert-OH is 1. The lowest BCUT2D eigenvalue weighted by Gasteiger charge is -2.18. The molecule has 0 heterocycles. The minimum absolute atomic E-state index is 0.0815. The number of hydrogen-bond acceptors (Lipinski definition) is 2. The minimum Gasteiger partial charge on any atom is -0.383 e. The molecule has 3 heteroatoms. The Morgan fingerprint density at radius 3 is 2.75 bits per heavy atom. The molecular weight excluding hydrogens is 207 g/mol. The van der Waals surface area contributed by atoms with Crippen LogP contribution in [0.2, 0.25) is 0 Å². The third kappa shape index (κ3) is 2.04. The molecule has 1 aromatic rings. The topological polar surface area (TPSA) is 37.3 Å². The van der Waals surface area contributed by atoms with Crippen LogP contribution in [0.1, 0.15) is 30.9 Å². The third-order valence-electron chi connectivity index (χ3n) is 2.79. The van der Waals surface area contributed by atoms with Gasteiger partial charge in [-0.1, -0.05) is 24.3 Å². The Kier molecular flexibility index (Phi) is 3.15. The second-order valence-corrected chi connectivity index (χ2v) is 3.90. The second kappa shape index (κ2) is 4.58. The van der Waals surface area contributed by atoms with Gasteiger partial charge in [0.25, 0.3) is 0 Å². The highest BCUT2D eigenvalue weighted by atomic mass is 19.1. The highest BCUT2D eigenvalue weighted by Gasteiger charge is 2.23. The first kappa shape index (κ1) is 11.0. The first-order chi connectivity index (χ1) is 7.70. The van der Waals surface area contributed by atoms with Crippen LogP contribution in [-0.4, -0.2) is 10.9 Å². The van der Waals surface area contributed by atoms with Gasteiger partial charge in [-0.3, -0.25) is 4.79 Å².